The summed E-state index contributed by atoms with van der Waals surface area (Å²) in [5.41, 5.74) is -0.891. The fourth-order valence-electron chi connectivity index (χ4n) is 2.61. The van der Waals surface area contributed by atoms with E-state index in [4.69, 9.17) is 9.15 Å². The van der Waals surface area contributed by atoms with E-state index in [9.17, 15) is 18.0 Å². The minimum absolute atomic E-state index is 0.0577. The van der Waals surface area contributed by atoms with Gasteiger partial charge in [-0.2, -0.15) is 13.2 Å². The number of hydrogen-bond donors (Lipinski definition) is 0. The van der Waals surface area contributed by atoms with Crippen molar-refractivity contribution in [1.82, 2.24) is 0 Å². The third-order valence-electron chi connectivity index (χ3n) is 3.42. The van der Waals surface area contributed by atoms with Crippen molar-refractivity contribution < 1.29 is 22.3 Å². The zero-order valence-corrected chi connectivity index (χ0v) is 10.8. The van der Waals surface area contributed by atoms with Crippen molar-refractivity contribution in [1.29, 1.82) is 0 Å². The minimum Gasteiger partial charge on any atom is -0.490 e. The first-order valence-electron chi connectivity index (χ1n) is 6.11. The Hall–Kier alpha value is -1.98. The van der Waals surface area contributed by atoms with Gasteiger partial charge in [0.05, 0.1) is 5.56 Å². The monoisotopic (exact) mass is 284 g/mol. The Balaban J connectivity index is 2.42. The minimum atomic E-state index is -4.60. The maximum atomic E-state index is 13.0. The SMILES string of the molecule is Cc1c2c(cc3c(C(F)(F)F)cc(=O)oc13)CC(C)O2. The molecule has 0 saturated carbocycles. The fraction of sp³-hybridized carbons (Fsp3) is 0.357. The smallest absolute Gasteiger partial charge is 0.417 e. The summed E-state index contributed by atoms with van der Waals surface area (Å²) in [6, 6.07) is 1.90. The number of hydrogen-bond acceptors (Lipinski definition) is 3. The first-order valence-corrected chi connectivity index (χ1v) is 6.11. The molecule has 2 heterocycles. The Labute approximate surface area is 112 Å². The van der Waals surface area contributed by atoms with Gasteiger partial charge in [-0.25, -0.2) is 4.79 Å². The molecule has 3 nitrogen and oxygen atoms in total. The molecule has 1 aliphatic heterocycles. The van der Waals surface area contributed by atoms with Crippen LogP contribution in [0.25, 0.3) is 11.0 Å². The molecule has 2 aromatic rings. The highest BCUT2D eigenvalue weighted by molar-refractivity contribution is 5.87. The topological polar surface area (TPSA) is 39.4 Å². The van der Waals surface area contributed by atoms with Crippen molar-refractivity contribution in [3.63, 3.8) is 0 Å². The molecule has 0 N–H and O–H groups in total. The molecule has 1 aliphatic rings. The van der Waals surface area contributed by atoms with Crippen molar-refractivity contribution in [3.8, 4) is 5.75 Å². The molecule has 1 aromatic heterocycles. The predicted octanol–water partition coefficient (Wildman–Crippen LogP) is 3.44. The van der Waals surface area contributed by atoms with E-state index in [2.05, 4.69) is 0 Å². The number of aryl methyl sites for hydroxylation is 1. The molecule has 0 fully saturated rings. The van der Waals surface area contributed by atoms with Crippen LogP contribution in [-0.4, -0.2) is 6.10 Å². The number of halogens is 3. The van der Waals surface area contributed by atoms with Crippen LogP contribution in [0.4, 0.5) is 13.2 Å². The van der Waals surface area contributed by atoms with Gasteiger partial charge in [-0.05, 0) is 25.5 Å². The quantitative estimate of drug-likeness (QED) is 0.696. The second-order valence-electron chi connectivity index (χ2n) is 4.98. The van der Waals surface area contributed by atoms with Crippen LogP contribution in [0.5, 0.6) is 5.75 Å². The van der Waals surface area contributed by atoms with Crippen molar-refractivity contribution >= 4 is 11.0 Å². The summed E-state index contributed by atoms with van der Waals surface area (Å²) in [6.07, 6.45) is -4.15. The van der Waals surface area contributed by atoms with E-state index in [-0.39, 0.29) is 17.1 Å². The second-order valence-corrected chi connectivity index (χ2v) is 4.98. The lowest BCUT2D eigenvalue weighted by Gasteiger charge is -2.12. The summed E-state index contributed by atoms with van der Waals surface area (Å²) in [5, 5.41) is -0.0916. The van der Waals surface area contributed by atoms with Crippen LogP contribution < -0.4 is 10.4 Å². The van der Waals surface area contributed by atoms with E-state index in [1.54, 1.807) is 6.92 Å². The molecule has 6 heteroatoms. The van der Waals surface area contributed by atoms with E-state index in [1.807, 2.05) is 6.92 Å². The summed E-state index contributed by atoms with van der Waals surface area (Å²) >= 11 is 0. The molecule has 106 valence electrons. The molecule has 0 saturated heterocycles. The molecule has 1 unspecified atom stereocenters. The van der Waals surface area contributed by atoms with Gasteiger partial charge in [-0.15, -0.1) is 0 Å². The molecule has 3 rings (SSSR count). The zero-order valence-electron chi connectivity index (χ0n) is 10.8. The maximum absolute atomic E-state index is 13.0. The van der Waals surface area contributed by atoms with Gasteiger partial charge in [0.25, 0.3) is 0 Å². The van der Waals surface area contributed by atoms with Crippen LogP contribution in [0.3, 0.4) is 0 Å². The molecular weight excluding hydrogens is 273 g/mol. The van der Waals surface area contributed by atoms with Crippen molar-refractivity contribution in [2.24, 2.45) is 0 Å². The number of ether oxygens (including phenoxy) is 1. The molecule has 0 bridgehead atoms. The third-order valence-corrected chi connectivity index (χ3v) is 3.42. The Kier molecular flexibility index (Phi) is 2.61. The Morgan fingerprint density at radius 1 is 1.30 bits per heavy atom. The Morgan fingerprint density at radius 3 is 2.65 bits per heavy atom. The van der Waals surface area contributed by atoms with Crippen LogP contribution in [0.1, 0.15) is 23.6 Å². The van der Waals surface area contributed by atoms with Gasteiger partial charge in [0.2, 0.25) is 0 Å². The summed E-state index contributed by atoms with van der Waals surface area (Å²) in [5.74, 6) is 0.521. The summed E-state index contributed by atoms with van der Waals surface area (Å²) < 4.78 is 49.7. The van der Waals surface area contributed by atoms with Crippen molar-refractivity contribution in [2.45, 2.75) is 32.5 Å². The lowest BCUT2D eigenvalue weighted by atomic mass is 10.0. The van der Waals surface area contributed by atoms with Crippen LogP contribution in [0.2, 0.25) is 0 Å². The lowest BCUT2D eigenvalue weighted by Crippen LogP contribution is -2.11. The number of fused-ring (bicyclic) bond motifs is 2. The third kappa shape index (κ3) is 1.87. The van der Waals surface area contributed by atoms with Gasteiger partial charge >= 0.3 is 11.8 Å². The highest BCUT2D eigenvalue weighted by Crippen LogP contribution is 2.41. The van der Waals surface area contributed by atoms with Crippen molar-refractivity contribution in [3.05, 3.63) is 39.2 Å². The standard InChI is InChI=1S/C14H11F3O3/c1-6-3-8-4-9-10(14(15,16)17)5-11(18)20-13(9)7(2)12(8)19-6/h4-6H,3H2,1-2H3. The Bertz CT molecular complexity index is 759. The van der Waals surface area contributed by atoms with Crippen LogP contribution in [0.15, 0.2) is 21.3 Å². The zero-order chi connectivity index (χ0) is 14.7. The summed E-state index contributed by atoms with van der Waals surface area (Å²) in [4.78, 5) is 11.4. The van der Waals surface area contributed by atoms with Gasteiger partial charge in [0.1, 0.15) is 17.4 Å². The first kappa shape index (κ1) is 13.0. The van der Waals surface area contributed by atoms with Gasteiger partial charge in [0.15, 0.2) is 0 Å². The van der Waals surface area contributed by atoms with E-state index in [0.717, 1.165) is 0 Å². The van der Waals surface area contributed by atoms with Crippen LogP contribution >= 0.6 is 0 Å². The highest BCUT2D eigenvalue weighted by atomic mass is 19.4. The Morgan fingerprint density at radius 2 is 2.00 bits per heavy atom. The molecule has 1 atom stereocenters. The van der Waals surface area contributed by atoms with E-state index in [0.29, 0.717) is 29.4 Å². The number of rotatable bonds is 0. The summed E-state index contributed by atoms with van der Waals surface area (Å²) in [6.45, 7) is 3.44. The molecule has 0 spiro atoms. The predicted molar refractivity (Wildman–Crippen MR) is 66.0 cm³/mol. The molecule has 20 heavy (non-hydrogen) atoms. The molecule has 0 radical (unpaired) electrons. The number of alkyl halides is 3. The van der Waals surface area contributed by atoms with E-state index >= 15 is 0 Å². The van der Waals surface area contributed by atoms with Gasteiger partial charge < -0.3 is 9.15 Å². The molecule has 1 aromatic carbocycles. The average Bonchev–Trinajstić information content (AvgIpc) is 2.69. The molecular formula is C14H11F3O3. The maximum Gasteiger partial charge on any atom is 0.417 e. The molecule has 0 amide bonds. The van der Waals surface area contributed by atoms with Gasteiger partial charge in [0, 0.05) is 23.4 Å². The lowest BCUT2D eigenvalue weighted by molar-refractivity contribution is -0.136. The second kappa shape index (κ2) is 4.01. The van der Waals surface area contributed by atoms with Crippen LogP contribution in [-0.2, 0) is 12.6 Å². The van der Waals surface area contributed by atoms with Gasteiger partial charge in [-0.1, -0.05) is 0 Å². The van der Waals surface area contributed by atoms with E-state index < -0.39 is 17.4 Å². The fourth-order valence-corrected chi connectivity index (χ4v) is 2.61. The first-order chi connectivity index (χ1) is 9.27. The van der Waals surface area contributed by atoms with E-state index in [1.165, 1.54) is 6.07 Å². The van der Waals surface area contributed by atoms with Crippen molar-refractivity contribution in [2.75, 3.05) is 0 Å². The number of benzene rings is 1. The van der Waals surface area contributed by atoms with Crippen LogP contribution in [0, 0.1) is 6.92 Å². The highest BCUT2D eigenvalue weighted by Gasteiger charge is 2.35. The van der Waals surface area contributed by atoms with Gasteiger partial charge in [-0.3, -0.25) is 0 Å². The molecule has 0 aliphatic carbocycles. The normalized spacial score (nSPS) is 18.1. The summed E-state index contributed by atoms with van der Waals surface area (Å²) in [7, 11) is 0. The largest absolute Gasteiger partial charge is 0.490 e. The average molecular weight is 284 g/mol.